The monoisotopic (exact) mass is 343 g/mol. The van der Waals surface area contributed by atoms with Gasteiger partial charge in [-0.15, -0.1) is 0 Å². The predicted octanol–water partition coefficient (Wildman–Crippen LogP) is 3.01. The molecule has 1 heterocycles. The molecule has 0 atom stereocenters. The van der Waals surface area contributed by atoms with Crippen LogP contribution in [0.1, 0.15) is 49.5 Å². The molecule has 0 radical (unpaired) electrons. The summed E-state index contributed by atoms with van der Waals surface area (Å²) in [4.78, 5) is 10.8. The standard InChI is InChI=1S/C19H29N5O/c1-6-15-7-9-16(10-8-15)13-24(5)19(20-4)21-12-11-17-22-18(14(2)3)23-25-17/h7-10,14H,6,11-13H2,1-5H3,(H,20,21). The van der Waals surface area contributed by atoms with E-state index >= 15 is 0 Å². The summed E-state index contributed by atoms with van der Waals surface area (Å²) in [6.45, 7) is 7.78. The maximum Gasteiger partial charge on any atom is 0.228 e. The maximum atomic E-state index is 5.26. The highest BCUT2D eigenvalue weighted by atomic mass is 16.5. The number of nitrogens with one attached hydrogen (secondary N) is 1. The number of hydrogen-bond donors (Lipinski definition) is 1. The second kappa shape index (κ2) is 9.20. The molecule has 6 heteroatoms. The molecular formula is C19H29N5O. The first kappa shape index (κ1) is 19.0. The Morgan fingerprint density at radius 3 is 2.48 bits per heavy atom. The fraction of sp³-hybridized carbons (Fsp3) is 0.526. The van der Waals surface area contributed by atoms with Gasteiger partial charge in [0, 0.05) is 39.5 Å². The lowest BCUT2D eigenvalue weighted by Crippen LogP contribution is -2.39. The van der Waals surface area contributed by atoms with Crippen LogP contribution in [-0.4, -0.2) is 41.6 Å². The number of benzene rings is 1. The topological polar surface area (TPSA) is 66.5 Å². The minimum Gasteiger partial charge on any atom is -0.356 e. The van der Waals surface area contributed by atoms with Gasteiger partial charge < -0.3 is 14.7 Å². The van der Waals surface area contributed by atoms with Crippen molar-refractivity contribution in [2.75, 3.05) is 20.6 Å². The molecule has 1 aromatic heterocycles. The molecule has 2 rings (SSSR count). The molecule has 0 aliphatic heterocycles. The van der Waals surface area contributed by atoms with Crippen LogP contribution >= 0.6 is 0 Å². The number of rotatable bonds is 7. The summed E-state index contributed by atoms with van der Waals surface area (Å²) in [5, 5.41) is 7.33. The van der Waals surface area contributed by atoms with Gasteiger partial charge in [-0.2, -0.15) is 4.98 Å². The van der Waals surface area contributed by atoms with E-state index in [1.165, 1.54) is 11.1 Å². The van der Waals surface area contributed by atoms with Crippen molar-refractivity contribution in [1.29, 1.82) is 0 Å². The molecule has 1 N–H and O–H groups in total. The van der Waals surface area contributed by atoms with Crippen LogP contribution in [-0.2, 0) is 19.4 Å². The van der Waals surface area contributed by atoms with E-state index in [0.717, 1.165) is 24.7 Å². The van der Waals surface area contributed by atoms with Gasteiger partial charge in [-0.25, -0.2) is 0 Å². The Labute approximate surface area is 150 Å². The van der Waals surface area contributed by atoms with E-state index < -0.39 is 0 Å². The van der Waals surface area contributed by atoms with Crippen LogP contribution in [0.4, 0.5) is 0 Å². The highest BCUT2D eigenvalue weighted by Gasteiger charge is 2.11. The van der Waals surface area contributed by atoms with Crippen molar-refractivity contribution < 1.29 is 4.52 Å². The fourth-order valence-corrected chi connectivity index (χ4v) is 2.50. The van der Waals surface area contributed by atoms with E-state index in [1.807, 2.05) is 7.05 Å². The van der Waals surface area contributed by atoms with Crippen LogP contribution in [0, 0.1) is 0 Å². The first-order chi connectivity index (χ1) is 12.0. The summed E-state index contributed by atoms with van der Waals surface area (Å²) in [7, 11) is 3.83. The van der Waals surface area contributed by atoms with Gasteiger partial charge in [0.15, 0.2) is 11.8 Å². The molecule has 25 heavy (non-hydrogen) atoms. The first-order valence-electron chi connectivity index (χ1n) is 8.85. The molecule has 0 saturated carbocycles. The number of aromatic nitrogens is 2. The Hall–Kier alpha value is -2.37. The van der Waals surface area contributed by atoms with E-state index in [4.69, 9.17) is 4.52 Å². The smallest absolute Gasteiger partial charge is 0.228 e. The maximum absolute atomic E-state index is 5.26. The summed E-state index contributed by atoms with van der Waals surface area (Å²) in [6, 6.07) is 8.71. The van der Waals surface area contributed by atoms with E-state index in [2.05, 4.69) is 70.4 Å². The normalized spacial score (nSPS) is 11.8. The molecule has 0 fully saturated rings. The highest BCUT2D eigenvalue weighted by Crippen LogP contribution is 2.10. The Morgan fingerprint density at radius 1 is 1.24 bits per heavy atom. The fourth-order valence-electron chi connectivity index (χ4n) is 2.50. The summed E-state index contributed by atoms with van der Waals surface area (Å²) in [6.07, 6.45) is 1.74. The zero-order valence-corrected chi connectivity index (χ0v) is 15.9. The van der Waals surface area contributed by atoms with Gasteiger partial charge in [0.25, 0.3) is 0 Å². The Morgan fingerprint density at radius 2 is 1.92 bits per heavy atom. The highest BCUT2D eigenvalue weighted by molar-refractivity contribution is 5.79. The lowest BCUT2D eigenvalue weighted by molar-refractivity contribution is 0.370. The van der Waals surface area contributed by atoms with Gasteiger partial charge in [-0.05, 0) is 17.5 Å². The molecule has 136 valence electrons. The van der Waals surface area contributed by atoms with Gasteiger partial charge in [0.05, 0.1) is 0 Å². The van der Waals surface area contributed by atoms with E-state index in [9.17, 15) is 0 Å². The van der Waals surface area contributed by atoms with Crippen molar-refractivity contribution in [1.82, 2.24) is 20.4 Å². The Bertz CT molecular complexity index is 675. The SMILES string of the molecule is CCc1ccc(CN(C)C(=NC)NCCc2nc(C(C)C)no2)cc1. The average molecular weight is 343 g/mol. The van der Waals surface area contributed by atoms with Crippen LogP contribution in [0.5, 0.6) is 0 Å². The predicted molar refractivity (Wildman–Crippen MR) is 101 cm³/mol. The Balaban J connectivity index is 1.83. The van der Waals surface area contributed by atoms with Crippen LogP contribution in [0.2, 0.25) is 0 Å². The average Bonchev–Trinajstić information content (AvgIpc) is 3.08. The minimum absolute atomic E-state index is 0.281. The summed E-state index contributed by atoms with van der Waals surface area (Å²) >= 11 is 0. The molecule has 2 aromatic rings. The van der Waals surface area contributed by atoms with Crippen molar-refractivity contribution in [2.24, 2.45) is 4.99 Å². The van der Waals surface area contributed by atoms with Gasteiger partial charge >= 0.3 is 0 Å². The lowest BCUT2D eigenvalue weighted by atomic mass is 10.1. The van der Waals surface area contributed by atoms with Gasteiger partial charge in [0.2, 0.25) is 5.89 Å². The number of aliphatic imine (C=N–C) groups is 1. The molecule has 0 bridgehead atoms. The number of aryl methyl sites for hydroxylation is 1. The molecule has 1 aromatic carbocycles. The lowest BCUT2D eigenvalue weighted by Gasteiger charge is -2.22. The van der Waals surface area contributed by atoms with Crippen LogP contribution in [0.3, 0.4) is 0 Å². The van der Waals surface area contributed by atoms with Crippen molar-refractivity contribution in [2.45, 2.75) is 46.1 Å². The third-order valence-corrected chi connectivity index (χ3v) is 4.05. The number of guanidine groups is 1. The minimum atomic E-state index is 0.281. The van der Waals surface area contributed by atoms with Crippen molar-refractivity contribution >= 4 is 5.96 Å². The molecule has 0 amide bonds. The zero-order chi connectivity index (χ0) is 18.2. The third kappa shape index (κ3) is 5.59. The Kier molecular flexibility index (Phi) is 6.98. The second-order valence-electron chi connectivity index (χ2n) is 6.45. The number of nitrogens with zero attached hydrogens (tertiary/aromatic N) is 4. The van der Waals surface area contributed by atoms with Gasteiger partial charge in [-0.1, -0.05) is 50.2 Å². The van der Waals surface area contributed by atoms with Crippen LogP contribution in [0.15, 0.2) is 33.8 Å². The summed E-state index contributed by atoms with van der Waals surface area (Å²) in [5.74, 6) is 2.54. The van der Waals surface area contributed by atoms with Crippen molar-refractivity contribution in [3.63, 3.8) is 0 Å². The molecule has 0 saturated heterocycles. The molecular weight excluding hydrogens is 314 g/mol. The molecule has 0 spiro atoms. The van der Waals surface area contributed by atoms with Crippen molar-refractivity contribution in [3.05, 3.63) is 47.1 Å². The molecule has 0 aliphatic carbocycles. The summed E-state index contributed by atoms with van der Waals surface area (Å²) < 4.78 is 5.26. The molecule has 6 nitrogen and oxygen atoms in total. The van der Waals surface area contributed by atoms with E-state index in [-0.39, 0.29) is 5.92 Å². The van der Waals surface area contributed by atoms with Crippen LogP contribution < -0.4 is 5.32 Å². The summed E-state index contributed by atoms with van der Waals surface area (Å²) in [5.41, 5.74) is 2.62. The van der Waals surface area contributed by atoms with E-state index in [0.29, 0.717) is 18.9 Å². The zero-order valence-electron chi connectivity index (χ0n) is 15.9. The van der Waals surface area contributed by atoms with Gasteiger partial charge in [0.1, 0.15) is 0 Å². The quantitative estimate of drug-likeness (QED) is 0.618. The first-order valence-corrected chi connectivity index (χ1v) is 8.85. The van der Waals surface area contributed by atoms with Crippen molar-refractivity contribution in [3.8, 4) is 0 Å². The second-order valence-corrected chi connectivity index (χ2v) is 6.45. The molecule has 0 unspecified atom stereocenters. The van der Waals surface area contributed by atoms with Crippen LogP contribution in [0.25, 0.3) is 0 Å². The number of hydrogen-bond acceptors (Lipinski definition) is 4. The molecule has 0 aliphatic rings. The third-order valence-electron chi connectivity index (χ3n) is 4.05. The largest absolute Gasteiger partial charge is 0.356 e. The van der Waals surface area contributed by atoms with E-state index in [1.54, 1.807) is 7.05 Å². The van der Waals surface area contributed by atoms with Gasteiger partial charge in [-0.3, -0.25) is 4.99 Å².